The molecule has 0 unspecified atom stereocenters. The van der Waals surface area contributed by atoms with Gasteiger partial charge in [-0.05, 0) is 31.2 Å². The van der Waals surface area contributed by atoms with Crippen LogP contribution >= 0.6 is 11.8 Å². The van der Waals surface area contributed by atoms with Crippen LogP contribution in [0.15, 0.2) is 84.3 Å². The molecule has 0 atom stereocenters. The van der Waals surface area contributed by atoms with Gasteiger partial charge >= 0.3 is 0 Å². The number of aromatic nitrogens is 4. The molecule has 0 aliphatic heterocycles. The van der Waals surface area contributed by atoms with E-state index in [0.717, 1.165) is 11.4 Å². The lowest BCUT2D eigenvalue weighted by atomic mass is 10.0. The summed E-state index contributed by atoms with van der Waals surface area (Å²) < 4.78 is 1.96. The van der Waals surface area contributed by atoms with Gasteiger partial charge < -0.3 is 9.88 Å². The van der Waals surface area contributed by atoms with E-state index in [1.54, 1.807) is 48.8 Å². The minimum absolute atomic E-state index is 0.137. The highest BCUT2D eigenvalue weighted by atomic mass is 32.2. The van der Waals surface area contributed by atoms with Gasteiger partial charge in [0.25, 0.3) is 0 Å². The minimum Gasteiger partial charge on any atom is -0.325 e. The van der Waals surface area contributed by atoms with Crippen molar-refractivity contribution in [1.82, 2.24) is 19.7 Å². The minimum atomic E-state index is -0.223. The van der Waals surface area contributed by atoms with Gasteiger partial charge in [-0.3, -0.25) is 14.6 Å². The number of carbonyl (C=O) groups is 2. The van der Waals surface area contributed by atoms with Crippen LogP contribution in [0.5, 0.6) is 0 Å². The van der Waals surface area contributed by atoms with Crippen LogP contribution in [0, 0.1) is 0 Å². The van der Waals surface area contributed by atoms with Crippen LogP contribution in [0.2, 0.25) is 0 Å². The summed E-state index contributed by atoms with van der Waals surface area (Å²) in [7, 11) is 0. The maximum absolute atomic E-state index is 12.9. The zero-order valence-electron chi connectivity index (χ0n) is 17.4. The molecular weight excluding hydrogens is 422 g/mol. The molecule has 2 heterocycles. The molecule has 0 aliphatic carbocycles. The van der Waals surface area contributed by atoms with E-state index in [9.17, 15) is 9.59 Å². The number of benzene rings is 2. The molecule has 7 nitrogen and oxygen atoms in total. The van der Waals surface area contributed by atoms with E-state index in [-0.39, 0.29) is 17.4 Å². The number of ketones is 1. The van der Waals surface area contributed by atoms with Gasteiger partial charge in [0.1, 0.15) is 0 Å². The second-order valence-corrected chi connectivity index (χ2v) is 7.81. The Balaban J connectivity index is 1.46. The van der Waals surface area contributed by atoms with Crippen molar-refractivity contribution in [3.05, 3.63) is 90.3 Å². The Bertz CT molecular complexity index is 1230. The second kappa shape index (κ2) is 10.0. The van der Waals surface area contributed by atoms with E-state index in [1.165, 1.54) is 11.8 Å². The zero-order valence-corrected chi connectivity index (χ0v) is 18.2. The van der Waals surface area contributed by atoms with Crippen molar-refractivity contribution in [2.24, 2.45) is 0 Å². The van der Waals surface area contributed by atoms with Gasteiger partial charge in [0, 0.05) is 35.6 Å². The second-order valence-electron chi connectivity index (χ2n) is 6.86. The highest BCUT2D eigenvalue weighted by Crippen LogP contribution is 2.24. The number of nitrogens with zero attached hydrogens (tertiary/aromatic N) is 4. The first-order valence-corrected chi connectivity index (χ1v) is 11.1. The smallest absolute Gasteiger partial charge is 0.234 e. The van der Waals surface area contributed by atoms with E-state index in [1.807, 2.05) is 41.8 Å². The highest BCUT2D eigenvalue weighted by Gasteiger charge is 2.17. The maximum atomic E-state index is 12.9. The van der Waals surface area contributed by atoms with Crippen molar-refractivity contribution in [2.75, 3.05) is 11.1 Å². The molecule has 2 aromatic heterocycles. The highest BCUT2D eigenvalue weighted by molar-refractivity contribution is 7.99. The van der Waals surface area contributed by atoms with Gasteiger partial charge in [-0.2, -0.15) is 0 Å². The molecular formula is C24H21N5O2S. The number of carbonyl (C=O) groups excluding carboxylic acids is 2. The van der Waals surface area contributed by atoms with E-state index in [2.05, 4.69) is 20.5 Å². The summed E-state index contributed by atoms with van der Waals surface area (Å²) in [6.45, 7) is 2.67. The van der Waals surface area contributed by atoms with Crippen LogP contribution < -0.4 is 5.32 Å². The first kappa shape index (κ1) is 21.5. The van der Waals surface area contributed by atoms with Gasteiger partial charge in [-0.1, -0.05) is 54.2 Å². The van der Waals surface area contributed by atoms with Crippen molar-refractivity contribution in [3.8, 4) is 11.4 Å². The molecule has 0 aliphatic rings. The first-order valence-electron chi connectivity index (χ1n) is 10.1. The lowest BCUT2D eigenvalue weighted by Gasteiger charge is -2.11. The van der Waals surface area contributed by atoms with Crippen molar-refractivity contribution < 1.29 is 9.59 Å². The summed E-state index contributed by atoms with van der Waals surface area (Å²) in [5.41, 5.74) is 2.43. The van der Waals surface area contributed by atoms with Crippen LogP contribution in [0.1, 0.15) is 22.8 Å². The average molecular weight is 444 g/mol. The van der Waals surface area contributed by atoms with Crippen molar-refractivity contribution in [1.29, 1.82) is 0 Å². The summed E-state index contributed by atoms with van der Waals surface area (Å²) in [5.74, 6) is 0.514. The Morgan fingerprint density at radius 1 is 0.938 bits per heavy atom. The molecule has 0 spiro atoms. The van der Waals surface area contributed by atoms with Crippen molar-refractivity contribution in [2.45, 2.75) is 18.6 Å². The van der Waals surface area contributed by atoms with Gasteiger partial charge in [-0.25, -0.2) is 0 Å². The van der Waals surface area contributed by atoms with Crippen LogP contribution in [-0.2, 0) is 11.3 Å². The Morgan fingerprint density at radius 2 is 1.66 bits per heavy atom. The van der Waals surface area contributed by atoms with Crippen molar-refractivity contribution >= 4 is 29.1 Å². The third-order valence-corrected chi connectivity index (χ3v) is 5.75. The standard InChI is InChI=1S/C24H21N5O2S/c1-2-29-23(18-12-14-25-15-13-18)27-28-24(29)32-16-21(30)26-20-11-7-6-10-19(20)22(31)17-8-4-3-5-9-17/h3-15H,2,16H2,1H3,(H,26,30). The number of nitrogens with one attached hydrogen (secondary N) is 1. The average Bonchev–Trinajstić information content (AvgIpc) is 3.27. The lowest BCUT2D eigenvalue weighted by Crippen LogP contribution is -2.17. The number of amides is 1. The first-order chi connectivity index (χ1) is 15.7. The van der Waals surface area contributed by atoms with Gasteiger partial charge in [0.05, 0.1) is 11.4 Å². The Labute approximate surface area is 189 Å². The Kier molecular flexibility index (Phi) is 6.72. The van der Waals surface area contributed by atoms with Gasteiger partial charge in [0.2, 0.25) is 5.91 Å². The molecule has 4 rings (SSSR count). The summed E-state index contributed by atoms with van der Waals surface area (Å²) >= 11 is 1.30. The number of hydrogen-bond donors (Lipinski definition) is 1. The quantitative estimate of drug-likeness (QED) is 0.322. The molecule has 0 saturated heterocycles. The molecule has 0 saturated carbocycles. The van der Waals surface area contributed by atoms with Crippen LogP contribution in [0.4, 0.5) is 5.69 Å². The number of thioether (sulfide) groups is 1. The summed E-state index contributed by atoms with van der Waals surface area (Å²) in [4.78, 5) is 29.6. The van der Waals surface area contributed by atoms with Gasteiger partial charge in [-0.15, -0.1) is 10.2 Å². The summed E-state index contributed by atoms with van der Waals surface area (Å²) in [6, 6.07) is 19.8. The number of pyridine rings is 1. The molecule has 0 bridgehead atoms. The predicted molar refractivity (Wildman–Crippen MR) is 125 cm³/mol. The fraction of sp³-hybridized carbons (Fsp3) is 0.125. The zero-order chi connectivity index (χ0) is 22.3. The molecule has 32 heavy (non-hydrogen) atoms. The van der Waals surface area contributed by atoms with Gasteiger partial charge in [0.15, 0.2) is 16.8 Å². The van der Waals surface area contributed by atoms with Crippen molar-refractivity contribution in [3.63, 3.8) is 0 Å². The lowest BCUT2D eigenvalue weighted by molar-refractivity contribution is -0.113. The van der Waals surface area contributed by atoms with E-state index < -0.39 is 0 Å². The normalized spacial score (nSPS) is 10.7. The third kappa shape index (κ3) is 4.76. The van der Waals surface area contributed by atoms with Crippen LogP contribution in [-0.4, -0.2) is 37.2 Å². The van der Waals surface area contributed by atoms with Crippen LogP contribution in [0.25, 0.3) is 11.4 Å². The Morgan fingerprint density at radius 3 is 2.41 bits per heavy atom. The Hall–Kier alpha value is -3.78. The fourth-order valence-electron chi connectivity index (χ4n) is 3.25. The van der Waals surface area contributed by atoms with E-state index in [4.69, 9.17) is 0 Å². The summed E-state index contributed by atoms with van der Waals surface area (Å²) in [5, 5.41) is 12.0. The number of hydrogen-bond acceptors (Lipinski definition) is 6. The van der Waals surface area contributed by atoms with Crippen LogP contribution in [0.3, 0.4) is 0 Å². The molecule has 0 radical (unpaired) electrons. The molecule has 160 valence electrons. The number of rotatable bonds is 8. The number of para-hydroxylation sites is 1. The fourth-order valence-corrected chi connectivity index (χ4v) is 4.05. The molecule has 8 heteroatoms. The predicted octanol–water partition coefficient (Wildman–Crippen LogP) is 4.32. The largest absolute Gasteiger partial charge is 0.325 e. The monoisotopic (exact) mass is 443 g/mol. The molecule has 1 N–H and O–H groups in total. The molecule has 0 fully saturated rings. The number of anilines is 1. The topological polar surface area (TPSA) is 89.8 Å². The SMILES string of the molecule is CCn1c(SCC(=O)Nc2ccccc2C(=O)c2ccccc2)nnc1-c1ccncc1. The third-order valence-electron chi connectivity index (χ3n) is 4.79. The molecule has 4 aromatic rings. The summed E-state index contributed by atoms with van der Waals surface area (Å²) in [6.07, 6.45) is 3.41. The molecule has 2 aromatic carbocycles. The molecule has 1 amide bonds. The maximum Gasteiger partial charge on any atom is 0.234 e. The van der Waals surface area contributed by atoms with E-state index >= 15 is 0 Å². The van der Waals surface area contributed by atoms with E-state index in [0.29, 0.717) is 28.5 Å².